The molecule has 0 heterocycles. The highest BCUT2D eigenvalue weighted by Crippen LogP contribution is 2.20. The Morgan fingerprint density at radius 3 is 2.15 bits per heavy atom. The van der Waals surface area contributed by atoms with Crippen LogP contribution in [-0.2, 0) is 22.6 Å². The van der Waals surface area contributed by atoms with Crippen LogP contribution < -0.4 is 10.2 Å². The van der Waals surface area contributed by atoms with Gasteiger partial charge in [0.15, 0.2) is 0 Å². The minimum Gasteiger partial charge on any atom is -0.356 e. The molecule has 27 heavy (non-hydrogen) atoms. The predicted octanol–water partition coefficient (Wildman–Crippen LogP) is 4.08. The molecule has 5 heteroatoms. The van der Waals surface area contributed by atoms with Gasteiger partial charge in [-0.05, 0) is 41.3 Å². The number of hydrogen-bond donors (Lipinski definition) is 1. The highest BCUT2D eigenvalue weighted by atomic mass is 19.1. The van der Waals surface area contributed by atoms with Gasteiger partial charge >= 0.3 is 0 Å². The molecule has 0 unspecified atom stereocenters. The van der Waals surface area contributed by atoms with Gasteiger partial charge in [-0.15, -0.1) is 0 Å². The lowest BCUT2D eigenvalue weighted by molar-refractivity contribution is -0.120. The molecule has 2 amide bonds. The smallest absolute Gasteiger partial charge is 0.227 e. The number of halogens is 1. The van der Waals surface area contributed by atoms with Crippen molar-refractivity contribution in [3.8, 4) is 0 Å². The molecule has 0 spiro atoms. The molecule has 2 aromatic rings. The highest BCUT2D eigenvalue weighted by molar-refractivity contribution is 5.93. The number of hydrogen-bond acceptors (Lipinski definition) is 2. The molecule has 0 radical (unpaired) electrons. The molecular formula is C22H27FN2O2. The van der Waals surface area contributed by atoms with Gasteiger partial charge in [0.2, 0.25) is 11.8 Å². The lowest BCUT2D eigenvalue weighted by atomic mass is 10.1. The highest BCUT2D eigenvalue weighted by Gasteiger charge is 2.15. The van der Waals surface area contributed by atoms with E-state index in [1.54, 1.807) is 17.0 Å². The Balaban J connectivity index is 2.08. The zero-order valence-electron chi connectivity index (χ0n) is 16.2. The van der Waals surface area contributed by atoms with Crippen LogP contribution in [0.2, 0.25) is 0 Å². The number of anilines is 1. The Morgan fingerprint density at radius 1 is 1.00 bits per heavy atom. The topological polar surface area (TPSA) is 49.4 Å². The molecule has 2 aromatic carbocycles. The van der Waals surface area contributed by atoms with E-state index in [4.69, 9.17) is 0 Å². The Morgan fingerprint density at radius 2 is 1.59 bits per heavy atom. The van der Waals surface area contributed by atoms with Crippen molar-refractivity contribution in [3.63, 3.8) is 0 Å². The second-order valence-corrected chi connectivity index (χ2v) is 7.00. The molecular weight excluding hydrogens is 343 g/mol. The van der Waals surface area contributed by atoms with E-state index < -0.39 is 0 Å². The van der Waals surface area contributed by atoms with Crippen molar-refractivity contribution < 1.29 is 14.0 Å². The lowest BCUT2D eigenvalue weighted by Gasteiger charge is -2.23. The van der Waals surface area contributed by atoms with Crippen LogP contribution in [0.4, 0.5) is 10.1 Å². The Labute approximate surface area is 160 Å². The number of rotatable bonds is 8. The molecule has 144 valence electrons. The summed E-state index contributed by atoms with van der Waals surface area (Å²) in [6, 6.07) is 13.6. The third-order valence-electron chi connectivity index (χ3n) is 4.18. The molecule has 1 N–H and O–H groups in total. The third kappa shape index (κ3) is 6.51. The number of benzene rings is 2. The van der Waals surface area contributed by atoms with Crippen molar-refractivity contribution in [3.05, 3.63) is 65.5 Å². The zero-order chi connectivity index (χ0) is 19.8. The van der Waals surface area contributed by atoms with Crippen molar-refractivity contribution in [1.82, 2.24) is 5.32 Å². The second-order valence-electron chi connectivity index (χ2n) is 7.00. The molecule has 0 saturated carbocycles. The summed E-state index contributed by atoms with van der Waals surface area (Å²) in [6.07, 6.45) is 0.688. The molecule has 0 aliphatic rings. The first-order valence-electron chi connectivity index (χ1n) is 9.29. The number of amides is 2. The van der Waals surface area contributed by atoms with Crippen LogP contribution in [0.3, 0.4) is 0 Å². The van der Waals surface area contributed by atoms with Crippen LogP contribution in [0.1, 0.15) is 38.3 Å². The predicted molar refractivity (Wildman–Crippen MR) is 106 cm³/mol. The summed E-state index contributed by atoms with van der Waals surface area (Å²) in [5.41, 5.74) is 2.51. The van der Waals surface area contributed by atoms with Crippen molar-refractivity contribution >= 4 is 17.5 Å². The van der Waals surface area contributed by atoms with Crippen molar-refractivity contribution in [2.24, 2.45) is 5.92 Å². The number of carbonyl (C=O) groups excluding carboxylic acids is 2. The van der Waals surface area contributed by atoms with Crippen molar-refractivity contribution in [2.75, 3.05) is 11.4 Å². The Hall–Kier alpha value is -2.69. The van der Waals surface area contributed by atoms with Crippen LogP contribution in [0, 0.1) is 11.7 Å². The monoisotopic (exact) mass is 370 g/mol. The van der Waals surface area contributed by atoms with Gasteiger partial charge < -0.3 is 10.2 Å². The van der Waals surface area contributed by atoms with Crippen LogP contribution in [0.25, 0.3) is 0 Å². The maximum atomic E-state index is 13.1. The zero-order valence-corrected chi connectivity index (χ0v) is 16.2. The summed E-state index contributed by atoms with van der Waals surface area (Å²) in [6.45, 7) is 6.95. The molecule has 4 nitrogen and oxygen atoms in total. The fourth-order valence-corrected chi connectivity index (χ4v) is 2.65. The minimum absolute atomic E-state index is 0.00995. The quantitative estimate of drug-likeness (QED) is 0.761. The molecule has 0 saturated heterocycles. The summed E-state index contributed by atoms with van der Waals surface area (Å²) >= 11 is 0. The first kappa shape index (κ1) is 20.6. The first-order valence-corrected chi connectivity index (χ1v) is 9.29. The SMILES string of the molecule is CCC(=O)N(Cc1ccc(F)cc1)c1ccc(CC(=O)NCC(C)C)cc1. The summed E-state index contributed by atoms with van der Waals surface area (Å²) in [5.74, 6) is 0.0922. The standard InChI is InChI=1S/C22H27FN2O2/c1-4-22(27)25(15-18-5-9-19(23)10-6-18)20-11-7-17(8-12-20)13-21(26)24-14-16(2)3/h5-12,16H,4,13-15H2,1-3H3,(H,24,26). The molecule has 0 fully saturated rings. The number of nitrogens with one attached hydrogen (secondary N) is 1. The first-order chi connectivity index (χ1) is 12.9. The number of nitrogens with zero attached hydrogens (tertiary/aromatic N) is 1. The summed E-state index contributed by atoms with van der Waals surface area (Å²) in [5, 5.41) is 2.90. The van der Waals surface area contributed by atoms with Gasteiger partial charge in [0.1, 0.15) is 5.82 Å². The summed E-state index contributed by atoms with van der Waals surface area (Å²) in [7, 11) is 0. The van der Waals surface area contributed by atoms with E-state index in [-0.39, 0.29) is 17.6 Å². The van der Waals surface area contributed by atoms with E-state index in [0.717, 1.165) is 16.8 Å². The van der Waals surface area contributed by atoms with Gasteiger partial charge in [0.25, 0.3) is 0 Å². The fourth-order valence-electron chi connectivity index (χ4n) is 2.65. The van der Waals surface area contributed by atoms with E-state index in [1.807, 2.05) is 31.2 Å². The largest absolute Gasteiger partial charge is 0.356 e. The molecule has 0 aliphatic carbocycles. The average Bonchev–Trinajstić information content (AvgIpc) is 2.66. The molecule has 0 aromatic heterocycles. The van der Waals surface area contributed by atoms with Gasteiger partial charge in [-0.2, -0.15) is 0 Å². The van der Waals surface area contributed by atoms with Gasteiger partial charge in [0, 0.05) is 18.7 Å². The molecule has 2 rings (SSSR count). The van der Waals surface area contributed by atoms with Crippen LogP contribution in [0.5, 0.6) is 0 Å². The van der Waals surface area contributed by atoms with Crippen molar-refractivity contribution in [1.29, 1.82) is 0 Å². The van der Waals surface area contributed by atoms with E-state index in [2.05, 4.69) is 19.2 Å². The average molecular weight is 370 g/mol. The minimum atomic E-state index is -0.299. The maximum Gasteiger partial charge on any atom is 0.227 e. The van der Waals surface area contributed by atoms with E-state index >= 15 is 0 Å². The Kier molecular flexibility index (Phi) is 7.53. The lowest BCUT2D eigenvalue weighted by Crippen LogP contribution is -2.30. The third-order valence-corrected chi connectivity index (χ3v) is 4.18. The van der Waals surface area contributed by atoms with E-state index in [0.29, 0.717) is 31.8 Å². The van der Waals surface area contributed by atoms with Crippen molar-refractivity contribution in [2.45, 2.75) is 40.2 Å². The summed E-state index contributed by atoms with van der Waals surface area (Å²) < 4.78 is 13.1. The normalized spacial score (nSPS) is 10.7. The van der Waals surface area contributed by atoms with Gasteiger partial charge in [-0.3, -0.25) is 9.59 Å². The van der Waals surface area contributed by atoms with E-state index in [9.17, 15) is 14.0 Å². The van der Waals surface area contributed by atoms with E-state index in [1.165, 1.54) is 12.1 Å². The van der Waals surface area contributed by atoms with Gasteiger partial charge in [0.05, 0.1) is 13.0 Å². The van der Waals surface area contributed by atoms with Gasteiger partial charge in [-0.25, -0.2) is 4.39 Å². The Bertz CT molecular complexity index is 755. The summed E-state index contributed by atoms with van der Waals surface area (Å²) in [4.78, 5) is 26.0. The fraction of sp³-hybridized carbons (Fsp3) is 0.364. The van der Waals surface area contributed by atoms with Crippen LogP contribution in [0.15, 0.2) is 48.5 Å². The molecule has 0 aliphatic heterocycles. The number of carbonyl (C=O) groups is 2. The maximum absolute atomic E-state index is 13.1. The van der Waals surface area contributed by atoms with Crippen LogP contribution >= 0.6 is 0 Å². The molecule has 0 bridgehead atoms. The second kappa shape index (κ2) is 9.86. The van der Waals surface area contributed by atoms with Crippen LogP contribution in [-0.4, -0.2) is 18.4 Å². The molecule has 0 atom stereocenters. The van der Waals surface area contributed by atoms with Gasteiger partial charge in [-0.1, -0.05) is 45.0 Å².